The van der Waals surface area contributed by atoms with Gasteiger partial charge in [-0.25, -0.2) is 0 Å². The van der Waals surface area contributed by atoms with Crippen LogP contribution in [0.25, 0.3) is 0 Å². The highest BCUT2D eigenvalue weighted by molar-refractivity contribution is 5.92. The molecule has 3 heteroatoms. The monoisotopic (exact) mass is 199 g/mol. The fourth-order valence-electron chi connectivity index (χ4n) is 1.04. The second-order valence-corrected chi connectivity index (χ2v) is 3.27. The quantitative estimate of drug-likeness (QED) is 0.479. The van der Waals surface area contributed by atoms with Gasteiger partial charge >= 0.3 is 0 Å². The van der Waals surface area contributed by atoms with Crippen molar-refractivity contribution in [1.29, 1.82) is 0 Å². The molecule has 0 unspecified atom stereocenters. The third-order valence-electron chi connectivity index (χ3n) is 2.06. The first-order chi connectivity index (χ1) is 6.72. The van der Waals surface area contributed by atoms with Crippen LogP contribution in [0.5, 0.6) is 0 Å². The number of hydrogen-bond acceptors (Lipinski definition) is 2. The maximum atomic E-state index is 11.2. The standard InChI is InChI=1S/C11H21NO2/c1-4-10(2)11(13)12-8-6-5-7-9-14-3/h2,4-9H2,1,3H3,(H,12,13). The van der Waals surface area contributed by atoms with Gasteiger partial charge in [0.25, 0.3) is 0 Å². The first-order valence-electron chi connectivity index (χ1n) is 5.17. The summed E-state index contributed by atoms with van der Waals surface area (Å²) in [5.74, 6) is -0.0146. The fourth-order valence-corrected chi connectivity index (χ4v) is 1.04. The van der Waals surface area contributed by atoms with Gasteiger partial charge in [-0.1, -0.05) is 13.5 Å². The third kappa shape index (κ3) is 6.66. The fraction of sp³-hybridized carbons (Fsp3) is 0.727. The van der Waals surface area contributed by atoms with E-state index in [4.69, 9.17) is 4.74 Å². The summed E-state index contributed by atoms with van der Waals surface area (Å²) in [6.07, 6.45) is 3.87. The highest BCUT2D eigenvalue weighted by Crippen LogP contribution is 1.97. The number of carbonyl (C=O) groups excluding carboxylic acids is 1. The minimum Gasteiger partial charge on any atom is -0.385 e. The number of hydrogen-bond donors (Lipinski definition) is 1. The minimum absolute atomic E-state index is 0.0146. The molecule has 1 N–H and O–H groups in total. The van der Waals surface area contributed by atoms with E-state index in [2.05, 4.69) is 11.9 Å². The largest absolute Gasteiger partial charge is 0.385 e. The van der Waals surface area contributed by atoms with Crippen LogP contribution in [-0.4, -0.2) is 26.2 Å². The molecule has 0 aliphatic rings. The van der Waals surface area contributed by atoms with Crippen molar-refractivity contribution < 1.29 is 9.53 Å². The number of rotatable bonds is 8. The van der Waals surface area contributed by atoms with Gasteiger partial charge in [0, 0.05) is 25.8 Å². The van der Waals surface area contributed by atoms with Crippen molar-refractivity contribution in [2.75, 3.05) is 20.3 Å². The maximum absolute atomic E-state index is 11.2. The summed E-state index contributed by atoms with van der Waals surface area (Å²) >= 11 is 0. The normalized spacial score (nSPS) is 9.86. The number of amides is 1. The zero-order valence-electron chi connectivity index (χ0n) is 9.27. The lowest BCUT2D eigenvalue weighted by atomic mass is 10.2. The van der Waals surface area contributed by atoms with E-state index in [1.54, 1.807) is 7.11 Å². The van der Waals surface area contributed by atoms with Gasteiger partial charge < -0.3 is 10.1 Å². The number of methoxy groups -OCH3 is 1. The molecule has 0 saturated carbocycles. The van der Waals surface area contributed by atoms with Crippen LogP contribution in [-0.2, 0) is 9.53 Å². The molecule has 0 bridgehead atoms. The Bertz CT molecular complexity index is 178. The predicted octanol–water partition coefficient (Wildman–Crippen LogP) is 1.89. The van der Waals surface area contributed by atoms with Crippen molar-refractivity contribution in [2.45, 2.75) is 32.6 Å². The van der Waals surface area contributed by atoms with Crippen LogP contribution in [0.2, 0.25) is 0 Å². The topological polar surface area (TPSA) is 38.3 Å². The van der Waals surface area contributed by atoms with E-state index >= 15 is 0 Å². The van der Waals surface area contributed by atoms with Gasteiger partial charge in [0.1, 0.15) is 0 Å². The van der Waals surface area contributed by atoms with Gasteiger partial charge in [0.05, 0.1) is 0 Å². The number of nitrogens with one attached hydrogen (secondary N) is 1. The predicted molar refractivity (Wildman–Crippen MR) is 58.2 cm³/mol. The van der Waals surface area contributed by atoms with E-state index in [1.165, 1.54) is 0 Å². The summed E-state index contributed by atoms with van der Waals surface area (Å²) in [5.41, 5.74) is 0.655. The van der Waals surface area contributed by atoms with Crippen LogP contribution >= 0.6 is 0 Å². The van der Waals surface area contributed by atoms with Gasteiger partial charge in [0.2, 0.25) is 5.91 Å². The lowest BCUT2D eigenvalue weighted by Gasteiger charge is -2.05. The molecule has 82 valence electrons. The van der Waals surface area contributed by atoms with Crippen molar-refractivity contribution in [2.24, 2.45) is 0 Å². The number of unbranched alkanes of at least 4 members (excludes halogenated alkanes) is 2. The molecule has 0 saturated heterocycles. The van der Waals surface area contributed by atoms with Crippen LogP contribution in [0, 0.1) is 0 Å². The summed E-state index contributed by atoms with van der Waals surface area (Å²) in [6, 6.07) is 0. The summed E-state index contributed by atoms with van der Waals surface area (Å²) in [4.78, 5) is 11.2. The van der Waals surface area contributed by atoms with Gasteiger partial charge in [-0.2, -0.15) is 0 Å². The van der Waals surface area contributed by atoms with Crippen molar-refractivity contribution in [3.05, 3.63) is 12.2 Å². The molecule has 14 heavy (non-hydrogen) atoms. The van der Waals surface area contributed by atoms with E-state index in [0.29, 0.717) is 5.57 Å². The van der Waals surface area contributed by atoms with Crippen LogP contribution in [0.3, 0.4) is 0 Å². The van der Waals surface area contributed by atoms with Crippen LogP contribution in [0.15, 0.2) is 12.2 Å². The summed E-state index contributed by atoms with van der Waals surface area (Å²) in [7, 11) is 1.70. The summed E-state index contributed by atoms with van der Waals surface area (Å²) < 4.78 is 4.92. The van der Waals surface area contributed by atoms with Gasteiger partial charge in [0.15, 0.2) is 0 Å². The molecule has 0 radical (unpaired) electrons. The first-order valence-corrected chi connectivity index (χ1v) is 5.17. The molecule has 0 aromatic heterocycles. The van der Waals surface area contributed by atoms with Crippen molar-refractivity contribution in [3.63, 3.8) is 0 Å². The second kappa shape index (κ2) is 8.75. The van der Waals surface area contributed by atoms with Crippen molar-refractivity contribution in [3.8, 4) is 0 Å². The SMILES string of the molecule is C=C(CC)C(=O)NCCCCCOC. The summed E-state index contributed by atoms with van der Waals surface area (Å²) in [5, 5.41) is 2.83. The number of carbonyl (C=O) groups is 1. The highest BCUT2D eigenvalue weighted by atomic mass is 16.5. The Kier molecular flexibility index (Phi) is 8.24. The first kappa shape index (κ1) is 13.2. The summed E-state index contributed by atoms with van der Waals surface area (Å²) in [6.45, 7) is 7.14. The zero-order valence-corrected chi connectivity index (χ0v) is 9.27. The van der Waals surface area contributed by atoms with Crippen molar-refractivity contribution in [1.82, 2.24) is 5.32 Å². The Balaban J connectivity index is 3.27. The van der Waals surface area contributed by atoms with Gasteiger partial charge in [-0.3, -0.25) is 4.79 Å². The molecule has 0 aromatic carbocycles. The molecular weight excluding hydrogens is 178 g/mol. The average molecular weight is 199 g/mol. The lowest BCUT2D eigenvalue weighted by Crippen LogP contribution is -2.25. The molecule has 0 fully saturated rings. The molecule has 0 spiro atoms. The Labute approximate surface area is 86.5 Å². The Morgan fingerprint density at radius 2 is 2.07 bits per heavy atom. The molecule has 1 amide bonds. The average Bonchev–Trinajstić information content (AvgIpc) is 2.21. The van der Waals surface area contributed by atoms with Crippen LogP contribution in [0.4, 0.5) is 0 Å². The molecule has 3 nitrogen and oxygen atoms in total. The van der Waals surface area contributed by atoms with Crippen molar-refractivity contribution >= 4 is 5.91 Å². The Morgan fingerprint density at radius 3 is 2.64 bits per heavy atom. The Hall–Kier alpha value is -0.830. The number of ether oxygens (including phenoxy) is 1. The van der Waals surface area contributed by atoms with Gasteiger partial charge in [-0.15, -0.1) is 0 Å². The smallest absolute Gasteiger partial charge is 0.246 e. The van der Waals surface area contributed by atoms with Gasteiger partial charge in [-0.05, 0) is 25.7 Å². The Morgan fingerprint density at radius 1 is 1.36 bits per heavy atom. The molecule has 0 aromatic rings. The van der Waals surface area contributed by atoms with E-state index in [9.17, 15) is 4.79 Å². The van der Waals surface area contributed by atoms with E-state index in [1.807, 2.05) is 6.92 Å². The molecule has 0 rings (SSSR count). The van der Waals surface area contributed by atoms with E-state index in [0.717, 1.165) is 38.8 Å². The molecule has 0 heterocycles. The highest BCUT2D eigenvalue weighted by Gasteiger charge is 2.02. The molecule has 0 aliphatic heterocycles. The zero-order chi connectivity index (χ0) is 10.8. The van der Waals surface area contributed by atoms with Crippen LogP contribution in [0.1, 0.15) is 32.6 Å². The minimum atomic E-state index is -0.0146. The molecule has 0 atom stereocenters. The van der Waals surface area contributed by atoms with E-state index in [-0.39, 0.29) is 5.91 Å². The lowest BCUT2D eigenvalue weighted by molar-refractivity contribution is -0.117. The third-order valence-corrected chi connectivity index (χ3v) is 2.06. The molecular formula is C11H21NO2. The second-order valence-electron chi connectivity index (χ2n) is 3.27. The van der Waals surface area contributed by atoms with Crippen LogP contribution < -0.4 is 5.32 Å². The maximum Gasteiger partial charge on any atom is 0.246 e. The molecule has 0 aliphatic carbocycles. The van der Waals surface area contributed by atoms with E-state index < -0.39 is 0 Å².